The highest BCUT2D eigenvalue weighted by molar-refractivity contribution is 6.30. The fourth-order valence-corrected chi connectivity index (χ4v) is 2.89. The number of rotatable bonds is 8. The van der Waals surface area contributed by atoms with Gasteiger partial charge in [0.2, 0.25) is 11.8 Å². The predicted molar refractivity (Wildman–Crippen MR) is 97.0 cm³/mol. The van der Waals surface area contributed by atoms with Crippen LogP contribution >= 0.6 is 11.6 Å². The second-order valence-corrected chi connectivity index (χ2v) is 6.55. The zero-order valence-electron chi connectivity index (χ0n) is 13.9. The molecule has 0 saturated carbocycles. The summed E-state index contributed by atoms with van der Waals surface area (Å²) >= 11 is 5.83. The lowest BCUT2D eigenvalue weighted by Crippen LogP contribution is -2.33. The molecule has 2 amide bonds. The van der Waals surface area contributed by atoms with Gasteiger partial charge in [0.25, 0.3) is 0 Å². The van der Waals surface area contributed by atoms with Gasteiger partial charge in [-0.15, -0.1) is 0 Å². The van der Waals surface area contributed by atoms with E-state index in [0.717, 1.165) is 31.2 Å². The summed E-state index contributed by atoms with van der Waals surface area (Å²) in [4.78, 5) is 23.5. The van der Waals surface area contributed by atoms with Gasteiger partial charge < -0.3 is 10.6 Å². The van der Waals surface area contributed by atoms with Gasteiger partial charge in [0.15, 0.2) is 0 Å². The Balaban J connectivity index is 1.56. The lowest BCUT2D eigenvalue weighted by atomic mass is 9.97. The van der Waals surface area contributed by atoms with Gasteiger partial charge in [-0.25, -0.2) is 0 Å². The number of allylic oxidation sites excluding steroid dienone is 1. The molecule has 130 valence electrons. The summed E-state index contributed by atoms with van der Waals surface area (Å²) < 4.78 is 0. The van der Waals surface area contributed by atoms with E-state index in [1.807, 2.05) is 24.3 Å². The number of benzene rings is 1. The number of carbonyl (C=O) groups is 2. The maximum absolute atomic E-state index is 11.8. The lowest BCUT2D eigenvalue weighted by Gasteiger charge is -2.13. The van der Waals surface area contributed by atoms with E-state index in [1.165, 1.54) is 18.4 Å². The molecule has 0 aromatic heterocycles. The molecule has 1 aliphatic rings. The summed E-state index contributed by atoms with van der Waals surface area (Å²) in [6.07, 6.45) is 8.59. The first-order chi connectivity index (χ1) is 11.6. The first kappa shape index (κ1) is 18.5. The molecule has 0 unspecified atom stereocenters. The average molecular weight is 349 g/mol. The zero-order valence-corrected chi connectivity index (χ0v) is 14.7. The molecule has 4 nitrogen and oxygen atoms in total. The number of nitrogens with one attached hydrogen (secondary N) is 2. The first-order valence-electron chi connectivity index (χ1n) is 8.59. The molecular weight excluding hydrogens is 324 g/mol. The normalized spacial score (nSPS) is 14.0. The summed E-state index contributed by atoms with van der Waals surface area (Å²) in [5.74, 6) is -0.450. The van der Waals surface area contributed by atoms with Gasteiger partial charge in [0, 0.05) is 18.1 Å². The lowest BCUT2D eigenvalue weighted by molar-refractivity contribution is -0.129. The molecule has 1 aliphatic carbocycles. The molecule has 1 aromatic rings. The Morgan fingerprint density at radius 3 is 2.25 bits per heavy atom. The fraction of sp³-hybridized carbons (Fsp3) is 0.474. The van der Waals surface area contributed by atoms with Crippen molar-refractivity contribution < 1.29 is 9.59 Å². The maximum Gasteiger partial charge on any atom is 0.229 e. The van der Waals surface area contributed by atoms with Gasteiger partial charge in [-0.05, 0) is 56.2 Å². The van der Waals surface area contributed by atoms with Crippen molar-refractivity contribution in [2.45, 2.75) is 44.9 Å². The van der Waals surface area contributed by atoms with Crippen molar-refractivity contribution in [2.24, 2.45) is 0 Å². The third-order valence-electron chi connectivity index (χ3n) is 4.12. The summed E-state index contributed by atoms with van der Waals surface area (Å²) in [5, 5.41) is 6.29. The van der Waals surface area contributed by atoms with Gasteiger partial charge in [0.1, 0.15) is 6.42 Å². The van der Waals surface area contributed by atoms with Crippen LogP contribution in [0.2, 0.25) is 5.02 Å². The number of amides is 2. The van der Waals surface area contributed by atoms with E-state index >= 15 is 0 Å². The number of hydrogen-bond acceptors (Lipinski definition) is 2. The number of hydrogen-bond donors (Lipinski definition) is 2. The van der Waals surface area contributed by atoms with Crippen LogP contribution in [-0.4, -0.2) is 24.9 Å². The Kier molecular flexibility index (Phi) is 7.83. The Morgan fingerprint density at radius 1 is 0.958 bits per heavy atom. The molecule has 0 heterocycles. The maximum atomic E-state index is 11.8. The van der Waals surface area contributed by atoms with Crippen molar-refractivity contribution in [3.63, 3.8) is 0 Å². The van der Waals surface area contributed by atoms with Gasteiger partial charge >= 0.3 is 0 Å². The summed E-state index contributed by atoms with van der Waals surface area (Å²) in [7, 11) is 0. The van der Waals surface area contributed by atoms with Crippen molar-refractivity contribution in [3.8, 4) is 0 Å². The van der Waals surface area contributed by atoms with Crippen LogP contribution in [0.25, 0.3) is 0 Å². The quantitative estimate of drug-likeness (QED) is 0.559. The Hall–Kier alpha value is -1.81. The van der Waals surface area contributed by atoms with Crippen molar-refractivity contribution in [1.82, 2.24) is 10.6 Å². The second-order valence-electron chi connectivity index (χ2n) is 6.11. The highest BCUT2D eigenvalue weighted by Crippen LogP contribution is 2.19. The van der Waals surface area contributed by atoms with Crippen molar-refractivity contribution in [2.75, 3.05) is 13.1 Å². The molecule has 0 bridgehead atoms. The van der Waals surface area contributed by atoms with Crippen molar-refractivity contribution in [1.29, 1.82) is 0 Å². The summed E-state index contributed by atoms with van der Waals surface area (Å²) in [6.45, 7) is 1.13. The van der Waals surface area contributed by atoms with Crippen LogP contribution in [0.5, 0.6) is 0 Å². The SMILES string of the molecule is O=C(CC(=O)NCCc1ccc(Cl)cc1)NCCC1=CCCCC1. The Bertz CT molecular complexity index is 582. The van der Waals surface area contributed by atoms with Gasteiger partial charge in [0.05, 0.1) is 0 Å². The monoisotopic (exact) mass is 348 g/mol. The number of halogens is 1. The molecule has 0 atom stereocenters. The fourth-order valence-electron chi connectivity index (χ4n) is 2.76. The predicted octanol–water partition coefficient (Wildman–Crippen LogP) is 3.40. The Morgan fingerprint density at radius 2 is 1.62 bits per heavy atom. The molecule has 2 N–H and O–H groups in total. The molecular formula is C19H25ClN2O2. The summed E-state index contributed by atoms with van der Waals surface area (Å²) in [5.41, 5.74) is 2.53. The van der Waals surface area contributed by atoms with E-state index in [9.17, 15) is 9.59 Å². The highest BCUT2D eigenvalue weighted by atomic mass is 35.5. The second kappa shape index (κ2) is 10.1. The molecule has 0 spiro atoms. The average Bonchev–Trinajstić information content (AvgIpc) is 2.57. The van der Waals surface area contributed by atoms with Crippen LogP contribution in [0.4, 0.5) is 0 Å². The number of carbonyl (C=O) groups excluding carboxylic acids is 2. The third kappa shape index (κ3) is 7.18. The smallest absolute Gasteiger partial charge is 0.229 e. The van der Waals surface area contributed by atoms with Crippen molar-refractivity contribution in [3.05, 3.63) is 46.5 Å². The van der Waals surface area contributed by atoms with Crippen LogP contribution < -0.4 is 10.6 Å². The molecule has 1 aromatic carbocycles. The molecule has 2 rings (SSSR count). The van der Waals surface area contributed by atoms with E-state index in [0.29, 0.717) is 18.1 Å². The van der Waals surface area contributed by atoms with Crippen LogP contribution in [0.1, 0.15) is 44.1 Å². The molecule has 24 heavy (non-hydrogen) atoms. The van der Waals surface area contributed by atoms with Gasteiger partial charge in [-0.2, -0.15) is 0 Å². The minimum Gasteiger partial charge on any atom is -0.355 e. The molecule has 0 fully saturated rings. The Labute approximate surface area is 148 Å². The molecule has 0 saturated heterocycles. The third-order valence-corrected chi connectivity index (χ3v) is 4.38. The van der Waals surface area contributed by atoms with E-state index in [1.54, 1.807) is 0 Å². The van der Waals surface area contributed by atoms with Crippen LogP contribution in [0, 0.1) is 0 Å². The molecule has 0 radical (unpaired) electrons. The van der Waals surface area contributed by atoms with E-state index in [4.69, 9.17) is 11.6 Å². The molecule has 5 heteroatoms. The van der Waals surface area contributed by atoms with Gasteiger partial charge in [-0.1, -0.05) is 35.4 Å². The van der Waals surface area contributed by atoms with Crippen molar-refractivity contribution >= 4 is 23.4 Å². The largest absolute Gasteiger partial charge is 0.355 e. The van der Waals surface area contributed by atoms with E-state index < -0.39 is 0 Å². The minimum absolute atomic E-state index is 0.111. The van der Waals surface area contributed by atoms with E-state index in [-0.39, 0.29) is 18.2 Å². The summed E-state index contributed by atoms with van der Waals surface area (Å²) in [6, 6.07) is 7.52. The van der Waals surface area contributed by atoms with Crippen LogP contribution in [0.3, 0.4) is 0 Å². The highest BCUT2D eigenvalue weighted by Gasteiger charge is 2.09. The minimum atomic E-state index is -0.238. The van der Waals surface area contributed by atoms with Crippen LogP contribution in [0.15, 0.2) is 35.9 Å². The van der Waals surface area contributed by atoms with E-state index in [2.05, 4.69) is 16.7 Å². The standard InChI is InChI=1S/C19H25ClN2O2/c20-17-8-6-16(7-9-17)11-13-22-19(24)14-18(23)21-12-10-15-4-2-1-3-5-15/h4,6-9H,1-3,5,10-14H2,(H,21,23)(H,22,24). The molecule has 0 aliphatic heterocycles. The van der Waals surface area contributed by atoms with Crippen LogP contribution in [-0.2, 0) is 16.0 Å². The first-order valence-corrected chi connectivity index (χ1v) is 8.97. The zero-order chi connectivity index (χ0) is 17.2. The van der Waals surface area contributed by atoms with Gasteiger partial charge in [-0.3, -0.25) is 9.59 Å². The topological polar surface area (TPSA) is 58.2 Å².